The summed E-state index contributed by atoms with van der Waals surface area (Å²) >= 11 is 1.78. The fourth-order valence-electron chi connectivity index (χ4n) is 2.58. The van der Waals surface area contributed by atoms with Gasteiger partial charge in [0.1, 0.15) is 0 Å². The Morgan fingerprint density at radius 2 is 2.26 bits per heavy atom. The first kappa shape index (κ1) is 14.8. The Balaban J connectivity index is 2.00. The molecule has 1 aromatic rings. The van der Waals surface area contributed by atoms with Crippen LogP contribution in [0.15, 0.2) is 0 Å². The van der Waals surface area contributed by atoms with Gasteiger partial charge in [0, 0.05) is 32.1 Å². The Kier molecular flexibility index (Phi) is 4.81. The second-order valence-electron chi connectivity index (χ2n) is 5.78. The molecule has 0 bridgehead atoms. The van der Waals surface area contributed by atoms with Crippen molar-refractivity contribution in [1.29, 1.82) is 0 Å². The topological polar surface area (TPSA) is 39.6 Å². The zero-order valence-electron chi connectivity index (χ0n) is 12.4. The molecule has 2 rings (SSSR count). The largest absolute Gasteiger partial charge is 0.393 e. The summed E-state index contributed by atoms with van der Waals surface area (Å²) in [6.45, 7) is 7.12. The van der Waals surface area contributed by atoms with Crippen LogP contribution in [0.2, 0.25) is 0 Å². The van der Waals surface area contributed by atoms with E-state index in [9.17, 15) is 5.11 Å². The molecule has 1 fully saturated rings. The van der Waals surface area contributed by atoms with Crippen LogP contribution in [0.25, 0.3) is 0 Å². The van der Waals surface area contributed by atoms with Gasteiger partial charge in [0.25, 0.3) is 0 Å². The number of aryl methyl sites for hydroxylation is 1. The molecule has 108 valence electrons. The number of hydrogen-bond donors (Lipinski definition) is 1. The van der Waals surface area contributed by atoms with Gasteiger partial charge in [-0.1, -0.05) is 0 Å². The van der Waals surface area contributed by atoms with Crippen LogP contribution in [-0.2, 0) is 6.54 Å². The summed E-state index contributed by atoms with van der Waals surface area (Å²) in [6.07, 6.45) is 2.15. The van der Waals surface area contributed by atoms with Gasteiger partial charge in [-0.25, -0.2) is 4.98 Å². The summed E-state index contributed by atoms with van der Waals surface area (Å²) in [5, 5.41) is 10.8. The molecule has 0 spiro atoms. The molecule has 0 aromatic carbocycles. The van der Waals surface area contributed by atoms with E-state index in [0.717, 1.165) is 36.9 Å². The molecule has 0 radical (unpaired) electrons. The van der Waals surface area contributed by atoms with Crippen molar-refractivity contribution in [3.63, 3.8) is 0 Å². The van der Waals surface area contributed by atoms with Crippen molar-refractivity contribution in [2.45, 2.75) is 39.3 Å². The molecular weight excluding hydrogens is 258 g/mol. The van der Waals surface area contributed by atoms with Crippen molar-refractivity contribution in [3.05, 3.63) is 10.6 Å². The van der Waals surface area contributed by atoms with Gasteiger partial charge >= 0.3 is 0 Å². The Morgan fingerprint density at radius 3 is 2.84 bits per heavy atom. The summed E-state index contributed by atoms with van der Waals surface area (Å²) in [5.74, 6) is 0.426. The number of anilines is 1. The highest BCUT2D eigenvalue weighted by molar-refractivity contribution is 7.15. The Morgan fingerprint density at radius 1 is 1.53 bits per heavy atom. The van der Waals surface area contributed by atoms with Crippen molar-refractivity contribution in [2.75, 3.05) is 32.1 Å². The maximum absolute atomic E-state index is 9.75. The normalized spacial score (nSPS) is 22.5. The van der Waals surface area contributed by atoms with Crippen LogP contribution in [0.4, 0.5) is 5.13 Å². The number of piperidine rings is 1. The zero-order chi connectivity index (χ0) is 14.0. The molecule has 2 atom stereocenters. The standard InChI is InChI=1S/C14H25N3OS/c1-10-13(19-14(15-10)16(3)4)9-17-7-5-6-12(8-17)11(2)18/h11-12,18H,5-9H2,1-4H3/t11-,12+/m0/s1. The average molecular weight is 283 g/mol. The summed E-state index contributed by atoms with van der Waals surface area (Å²) < 4.78 is 0. The van der Waals surface area contributed by atoms with Gasteiger partial charge in [0.15, 0.2) is 5.13 Å². The lowest BCUT2D eigenvalue weighted by Crippen LogP contribution is -2.38. The van der Waals surface area contributed by atoms with Crippen molar-refractivity contribution < 1.29 is 5.11 Å². The summed E-state index contributed by atoms with van der Waals surface area (Å²) in [4.78, 5) is 10.5. The van der Waals surface area contributed by atoms with Gasteiger partial charge < -0.3 is 10.0 Å². The average Bonchev–Trinajstić information content (AvgIpc) is 2.71. The third-order valence-corrected chi connectivity index (χ3v) is 5.17. The van der Waals surface area contributed by atoms with Gasteiger partial charge in [0.2, 0.25) is 0 Å². The summed E-state index contributed by atoms with van der Waals surface area (Å²) in [6, 6.07) is 0. The van der Waals surface area contributed by atoms with Crippen molar-refractivity contribution >= 4 is 16.5 Å². The van der Waals surface area contributed by atoms with Crippen molar-refractivity contribution in [2.24, 2.45) is 5.92 Å². The van der Waals surface area contributed by atoms with E-state index in [0.29, 0.717) is 5.92 Å². The van der Waals surface area contributed by atoms with Crippen LogP contribution in [0, 0.1) is 12.8 Å². The van der Waals surface area contributed by atoms with E-state index >= 15 is 0 Å². The first-order chi connectivity index (χ1) is 8.97. The van der Waals surface area contributed by atoms with Crippen LogP contribution in [0.5, 0.6) is 0 Å². The SMILES string of the molecule is Cc1nc(N(C)C)sc1CN1CCC[C@@H]([C@H](C)O)C1. The predicted molar refractivity (Wildman–Crippen MR) is 80.9 cm³/mol. The minimum atomic E-state index is -0.192. The Bertz CT molecular complexity index is 417. The number of aromatic nitrogens is 1. The van der Waals surface area contributed by atoms with Crippen LogP contribution in [0.3, 0.4) is 0 Å². The fraction of sp³-hybridized carbons (Fsp3) is 0.786. The van der Waals surface area contributed by atoms with E-state index in [4.69, 9.17) is 0 Å². The highest BCUT2D eigenvalue weighted by atomic mass is 32.1. The number of hydrogen-bond acceptors (Lipinski definition) is 5. The molecule has 1 N–H and O–H groups in total. The quantitative estimate of drug-likeness (QED) is 0.919. The molecule has 0 saturated carbocycles. The molecule has 4 nitrogen and oxygen atoms in total. The minimum Gasteiger partial charge on any atom is -0.393 e. The van der Waals surface area contributed by atoms with Gasteiger partial charge in [-0.05, 0) is 39.2 Å². The Hall–Kier alpha value is -0.650. The van der Waals surface area contributed by atoms with E-state index in [2.05, 4.69) is 21.7 Å². The highest BCUT2D eigenvalue weighted by Crippen LogP contribution is 2.28. The van der Waals surface area contributed by atoms with Gasteiger partial charge in [0.05, 0.1) is 11.8 Å². The third-order valence-electron chi connectivity index (χ3n) is 3.86. The molecule has 0 unspecified atom stereocenters. The van der Waals surface area contributed by atoms with Gasteiger partial charge in [-0.2, -0.15) is 0 Å². The van der Waals surface area contributed by atoms with Crippen LogP contribution < -0.4 is 4.90 Å². The van der Waals surface area contributed by atoms with E-state index < -0.39 is 0 Å². The van der Waals surface area contributed by atoms with E-state index in [-0.39, 0.29) is 6.10 Å². The van der Waals surface area contributed by atoms with Gasteiger partial charge in [-0.15, -0.1) is 11.3 Å². The smallest absolute Gasteiger partial charge is 0.185 e. The van der Waals surface area contributed by atoms with Crippen LogP contribution >= 0.6 is 11.3 Å². The maximum atomic E-state index is 9.75. The van der Waals surface area contributed by atoms with E-state index in [1.165, 1.54) is 11.3 Å². The lowest BCUT2D eigenvalue weighted by Gasteiger charge is -2.33. The van der Waals surface area contributed by atoms with Crippen LogP contribution in [0.1, 0.15) is 30.3 Å². The summed E-state index contributed by atoms with van der Waals surface area (Å²) in [7, 11) is 4.07. The fourth-order valence-corrected chi connectivity index (χ4v) is 3.61. The lowest BCUT2D eigenvalue weighted by molar-refractivity contribution is 0.0602. The minimum absolute atomic E-state index is 0.192. The molecular formula is C14H25N3OS. The molecule has 1 aromatic heterocycles. The molecule has 1 aliphatic heterocycles. The van der Waals surface area contributed by atoms with Crippen molar-refractivity contribution in [3.8, 4) is 0 Å². The van der Waals surface area contributed by atoms with Crippen molar-refractivity contribution in [1.82, 2.24) is 9.88 Å². The second-order valence-corrected chi connectivity index (χ2v) is 6.84. The van der Waals surface area contributed by atoms with E-state index in [1.807, 2.05) is 21.0 Å². The highest BCUT2D eigenvalue weighted by Gasteiger charge is 2.24. The number of rotatable bonds is 4. The number of aliphatic hydroxyl groups is 1. The zero-order valence-corrected chi connectivity index (χ0v) is 13.2. The van der Waals surface area contributed by atoms with E-state index in [1.54, 1.807) is 11.3 Å². The first-order valence-corrected chi connectivity index (χ1v) is 7.83. The van der Waals surface area contributed by atoms with Gasteiger partial charge in [-0.3, -0.25) is 4.90 Å². The second kappa shape index (κ2) is 6.20. The number of thiazole rings is 1. The number of aliphatic hydroxyl groups excluding tert-OH is 1. The molecule has 1 aliphatic rings. The molecule has 0 aliphatic carbocycles. The number of likely N-dealkylation sites (tertiary alicyclic amines) is 1. The number of nitrogens with zero attached hydrogens (tertiary/aromatic N) is 3. The first-order valence-electron chi connectivity index (χ1n) is 7.01. The van der Waals surface area contributed by atoms with Crippen LogP contribution in [-0.4, -0.2) is 48.3 Å². The predicted octanol–water partition coefficient (Wildman–Crippen LogP) is 2.11. The molecule has 19 heavy (non-hydrogen) atoms. The third kappa shape index (κ3) is 3.68. The molecule has 5 heteroatoms. The molecule has 2 heterocycles. The Labute approximate surface area is 120 Å². The molecule has 1 saturated heterocycles. The monoisotopic (exact) mass is 283 g/mol. The molecule has 0 amide bonds. The maximum Gasteiger partial charge on any atom is 0.185 e. The summed E-state index contributed by atoms with van der Waals surface area (Å²) in [5.41, 5.74) is 1.15. The lowest BCUT2D eigenvalue weighted by atomic mass is 9.93.